The molecule has 3 rings (SSSR count). The van der Waals surface area contributed by atoms with Gasteiger partial charge in [-0.2, -0.15) is 0 Å². The third kappa shape index (κ3) is 3.26. The monoisotopic (exact) mass is 309 g/mol. The van der Waals surface area contributed by atoms with E-state index in [-0.39, 0.29) is 11.5 Å². The van der Waals surface area contributed by atoms with Crippen LogP contribution in [0.25, 0.3) is 0 Å². The lowest BCUT2D eigenvalue weighted by Crippen LogP contribution is -2.35. The van der Waals surface area contributed by atoms with Crippen molar-refractivity contribution >= 4 is 17.6 Å². The van der Waals surface area contributed by atoms with Crippen LogP contribution in [-0.2, 0) is 17.6 Å². The van der Waals surface area contributed by atoms with E-state index in [2.05, 4.69) is 6.07 Å². The Morgan fingerprint density at radius 2 is 1.78 bits per heavy atom. The first-order valence-electron chi connectivity index (χ1n) is 7.86. The van der Waals surface area contributed by atoms with Crippen molar-refractivity contribution in [2.75, 3.05) is 11.4 Å². The van der Waals surface area contributed by atoms with Gasteiger partial charge in [0.25, 0.3) is 0 Å². The molecule has 0 bridgehead atoms. The van der Waals surface area contributed by atoms with Crippen LogP contribution in [0.1, 0.15) is 34.3 Å². The number of carbonyl (C=O) groups is 2. The number of fused-ring (bicyclic) bond motifs is 1. The van der Waals surface area contributed by atoms with Crippen LogP contribution in [-0.4, -0.2) is 23.5 Å². The summed E-state index contributed by atoms with van der Waals surface area (Å²) in [4.78, 5) is 25.7. The maximum atomic E-state index is 12.6. The third-order valence-corrected chi connectivity index (χ3v) is 4.27. The van der Waals surface area contributed by atoms with Crippen molar-refractivity contribution in [1.82, 2.24) is 0 Å². The number of nitrogens with zero attached hydrogens (tertiary/aromatic N) is 1. The summed E-state index contributed by atoms with van der Waals surface area (Å²) >= 11 is 0. The lowest BCUT2D eigenvalue weighted by molar-refractivity contribution is -0.118. The molecule has 0 saturated carbocycles. The Morgan fingerprint density at radius 3 is 2.61 bits per heavy atom. The number of carboxylic acid groups (broad SMARTS) is 1. The molecule has 1 N–H and O–H groups in total. The number of hydrogen-bond donors (Lipinski definition) is 1. The Hall–Kier alpha value is -2.62. The highest BCUT2D eigenvalue weighted by molar-refractivity contribution is 5.95. The number of benzene rings is 2. The molecule has 0 aliphatic carbocycles. The van der Waals surface area contributed by atoms with Crippen LogP contribution in [0.3, 0.4) is 0 Å². The fraction of sp³-hybridized carbons (Fsp3) is 0.263. The number of carboxylic acids is 1. The normalized spacial score (nSPS) is 13.5. The molecule has 1 aliphatic rings. The molecule has 4 nitrogen and oxygen atoms in total. The standard InChI is InChI=1S/C19H19NO3/c21-18(12-11-14-6-1-3-9-16(14)19(22)23)20-13-5-8-15-7-2-4-10-17(15)20/h1-4,6-7,9-10H,5,8,11-13H2,(H,22,23). The number of para-hydroxylation sites is 1. The Labute approximate surface area is 135 Å². The number of aromatic carboxylic acids is 1. The van der Waals surface area contributed by atoms with Gasteiger partial charge in [0, 0.05) is 18.7 Å². The highest BCUT2D eigenvalue weighted by Crippen LogP contribution is 2.27. The van der Waals surface area contributed by atoms with Crippen molar-refractivity contribution < 1.29 is 14.7 Å². The summed E-state index contributed by atoms with van der Waals surface area (Å²) in [5.41, 5.74) is 3.19. The number of aryl methyl sites for hydroxylation is 2. The zero-order chi connectivity index (χ0) is 16.2. The molecule has 0 saturated heterocycles. The topological polar surface area (TPSA) is 57.6 Å². The molecule has 1 aliphatic heterocycles. The van der Waals surface area contributed by atoms with E-state index in [1.165, 1.54) is 5.56 Å². The van der Waals surface area contributed by atoms with E-state index in [1.807, 2.05) is 29.2 Å². The van der Waals surface area contributed by atoms with E-state index in [1.54, 1.807) is 18.2 Å². The van der Waals surface area contributed by atoms with E-state index >= 15 is 0 Å². The van der Waals surface area contributed by atoms with Gasteiger partial charge in [-0.25, -0.2) is 4.79 Å². The number of carbonyl (C=O) groups excluding carboxylic acids is 1. The summed E-state index contributed by atoms with van der Waals surface area (Å²) < 4.78 is 0. The average molecular weight is 309 g/mol. The minimum absolute atomic E-state index is 0.0531. The van der Waals surface area contributed by atoms with Gasteiger partial charge < -0.3 is 10.0 Å². The van der Waals surface area contributed by atoms with Gasteiger partial charge in [-0.15, -0.1) is 0 Å². The molecule has 0 radical (unpaired) electrons. The molecular weight excluding hydrogens is 290 g/mol. The van der Waals surface area contributed by atoms with Crippen LogP contribution >= 0.6 is 0 Å². The molecule has 1 heterocycles. The van der Waals surface area contributed by atoms with Crippen LogP contribution < -0.4 is 4.90 Å². The van der Waals surface area contributed by atoms with E-state index in [9.17, 15) is 14.7 Å². The smallest absolute Gasteiger partial charge is 0.335 e. The summed E-state index contributed by atoms with van der Waals surface area (Å²) in [6, 6.07) is 14.9. The molecule has 2 aromatic carbocycles. The number of rotatable bonds is 4. The van der Waals surface area contributed by atoms with Crippen LogP contribution in [0.5, 0.6) is 0 Å². The Bertz CT molecular complexity index is 739. The van der Waals surface area contributed by atoms with Crippen molar-refractivity contribution in [2.45, 2.75) is 25.7 Å². The molecule has 118 valence electrons. The largest absolute Gasteiger partial charge is 0.478 e. The predicted molar refractivity (Wildman–Crippen MR) is 88.8 cm³/mol. The van der Waals surface area contributed by atoms with Gasteiger partial charge >= 0.3 is 5.97 Å². The van der Waals surface area contributed by atoms with Crippen LogP contribution in [0, 0.1) is 0 Å². The lowest BCUT2D eigenvalue weighted by Gasteiger charge is -2.29. The maximum absolute atomic E-state index is 12.6. The third-order valence-electron chi connectivity index (χ3n) is 4.27. The Kier molecular flexibility index (Phi) is 4.42. The quantitative estimate of drug-likeness (QED) is 0.942. The Balaban J connectivity index is 1.73. The van der Waals surface area contributed by atoms with Gasteiger partial charge in [0.05, 0.1) is 5.56 Å². The highest BCUT2D eigenvalue weighted by Gasteiger charge is 2.22. The van der Waals surface area contributed by atoms with Gasteiger partial charge in [0.2, 0.25) is 5.91 Å². The maximum Gasteiger partial charge on any atom is 0.335 e. The summed E-state index contributed by atoms with van der Waals surface area (Å²) in [6.45, 7) is 0.733. The second kappa shape index (κ2) is 6.65. The van der Waals surface area contributed by atoms with Crippen molar-refractivity contribution in [3.05, 3.63) is 65.2 Å². The predicted octanol–water partition coefficient (Wildman–Crippen LogP) is 3.30. The second-order valence-electron chi connectivity index (χ2n) is 5.74. The summed E-state index contributed by atoms with van der Waals surface area (Å²) in [5.74, 6) is -0.895. The minimum Gasteiger partial charge on any atom is -0.478 e. The zero-order valence-electron chi connectivity index (χ0n) is 12.9. The van der Waals surface area contributed by atoms with Gasteiger partial charge in [0.1, 0.15) is 0 Å². The first kappa shape index (κ1) is 15.3. The van der Waals surface area contributed by atoms with Gasteiger partial charge in [-0.05, 0) is 42.5 Å². The number of amides is 1. The molecule has 0 atom stereocenters. The molecule has 4 heteroatoms. The van der Waals surface area contributed by atoms with Crippen molar-refractivity contribution in [1.29, 1.82) is 0 Å². The molecular formula is C19H19NO3. The van der Waals surface area contributed by atoms with E-state index in [4.69, 9.17) is 0 Å². The van der Waals surface area contributed by atoms with Crippen LogP contribution in [0.15, 0.2) is 48.5 Å². The molecule has 2 aromatic rings. The minimum atomic E-state index is -0.948. The summed E-state index contributed by atoms with van der Waals surface area (Å²) in [6.07, 6.45) is 2.73. The number of anilines is 1. The van der Waals surface area contributed by atoms with E-state index < -0.39 is 5.97 Å². The van der Waals surface area contributed by atoms with Crippen molar-refractivity contribution in [3.8, 4) is 0 Å². The van der Waals surface area contributed by atoms with Gasteiger partial charge in [-0.1, -0.05) is 36.4 Å². The van der Waals surface area contributed by atoms with Gasteiger partial charge in [-0.3, -0.25) is 4.79 Å². The van der Waals surface area contributed by atoms with Crippen molar-refractivity contribution in [3.63, 3.8) is 0 Å². The lowest BCUT2D eigenvalue weighted by atomic mass is 9.99. The van der Waals surface area contributed by atoms with Crippen LogP contribution in [0.2, 0.25) is 0 Å². The van der Waals surface area contributed by atoms with E-state index in [0.717, 1.165) is 25.1 Å². The highest BCUT2D eigenvalue weighted by atomic mass is 16.4. The average Bonchev–Trinajstić information content (AvgIpc) is 2.59. The van der Waals surface area contributed by atoms with Crippen molar-refractivity contribution in [2.24, 2.45) is 0 Å². The number of hydrogen-bond acceptors (Lipinski definition) is 2. The van der Waals surface area contributed by atoms with E-state index in [0.29, 0.717) is 18.4 Å². The molecule has 0 spiro atoms. The fourth-order valence-electron chi connectivity index (χ4n) is 3.12. The fourth-order valence-corrected chi connectivity index (χ4v) is 3.12. The molecule has 1 amide bonds. The molecule has 0 fully saturated rings. The van der Waals surface area contributed by atoms with Gasteiger partial charge in [0.15, 0.2) is 0 Å². The Morgan fingerprint density at radius 1 is 1.04 bits per heavy atom. The first-order chi connectivity index (χ1) is 11.2. The molecule has 23 heavy (non-hydrogen) atoms. The van der Waals surface area contributed by atoms with Crippen LogP contribution in [0.4, 0.5) is 5.69 Å². The SMILES string of the molecule is O=C(O)c1ccccc1CCC(=O)N1CCCc2ccccc21. The molecule has 0 unspecified atom stereocenters. The molecule has 0 aromatic heterocycles. The zero-order valence-corrected chi connectivity index (χ0v) is 12.9. The summed E-state index contributed by atoms with van der Waals surface area (Å²) in [5, 5.41) is 9.21. The first-order valence-corrected chi connectivity index (χ1v) is 7.86. The summed E-state index contributed by atoms with van der Waals surface area (Å²) in [7, 11) is 0. The second-order valence-corrected chi connectivity index (χ2v) is 5.74.